The fourth-order valence-corrected chi connectivity index (χ4v) is 2.96. The molecule has 8 heteroatoms. The summed E-state index contributed by atoms with van der Waals surface area (Å²) in [6.45, 7) is 1.88. The molecule has 1 unspecified atom stereocenters. The Bertz CT molecular complexity index is 800. The summed E-state index contributed by atoms with van der Waals surface area (Å²) < 4.78 is 7.46. The molecule has 0 bridgehead atoms. The fourth-order valence-electron chi connectivity index (χ4n) is 2.62. The van der Waals surface area contributed by atoms with Crippen LogP contribution in [-0.2, 0) is 4.74 Å². The maximum Gasteiger partial charge on any atom is 0.351 e. The van der Waals surface area contributed by atoms with E-state index in [1.807, 2.05) is 6.92 Å². The second-order valence-electron chi connectivity index (χ2n) is 5.23. The highest BCUT2D eigenvalue weighted by Crippen LogP contribution is 2.33. The van der Waals surface area contributed by atoms with E-state index >= 15 is 0 Å². The second kappa shape index (κ2) is 5.36. The summed E-state index contributed by atoms with van der Waals surface area (Å²) in [5.74, 6) is 0.0882. The molecule has 0 spiro atoms. The number of hydrogen-bond donors (Lipinski definition) is 2. The van der Waals surface area contributed by atoms with Gasteiger partial charge in [0.05, 0.1) is 17.2 Å². The molecule has 2 aromatic heterocycles. The van der Waals surface area contributed by atoms with Gasteiger partial charge in [0.15, 0.2) is 0 Å². The quantitative estimate of drug-likeness (QED) is 0.828. The Labute approximate surface area is 127 Å². The van der Waals surface area contributed by atoms with Gasteiger partial charge in [-0.1, -0.05) is 6.92 Å². The first-order chi connectivity index (χ1) is 9.99. The van der Waals surface area contributed by atoms with Gasteiger partial charge in [0, 0.05) is 17.5 Å². The molecule has 1 fully saturated rings. The lowest BCUT2D eigenvalue weighted by molar-refractivity contribution is -0.0333. The van der Waals surface area contributed by atoms with Gasteiger partial charge in [-0.15, -0.1) is 0 Å². The van der Waals surface area contributed by atoms with Crippen molar-refractivity contribution >= 4 is 27.0 Å². The molecule has 0 amide bonds. The molecular weight excluding hydrogens is 342 g/mol. The number of H-pyrrole nitrogens is 1. The Morgan fingerprint density at radius 3 is 3.00 bits per heavy atom. The largest absolute Gasteiger partial charge is 0.394 e. The highest BCUT2D eigenvalue weighted by molar-refractivity contribution is 9.10. The molecule has 2 N–H and O–H groups in total. The van der Waals surface area contributed by atoms with Gasteiger partial charge in [-0.2, -0.15) is 4.98 Å². The second-order valence-corrected chi connectivity index (χ2v) is 6.08. The Balaban J connectivity index is 2.11. The fraction of sp³-hybridized carbons (Fsp3) is 0.462. The van der Waals surface area contributed by atoms with E-state index in [1.54, 1.807) is 12.3 Å². The number of nitrogens with one attached hydrogen (secondary N) is 1. The lowest BCUT2D eigenvalue weighted by Gasteiger charge is -2.18. The van der Waals surface area contributed by atoms with Crippen molar-refractivity contribution in [1.82, 2.24) is 14.5 Å². The van der Waals surface area contributed by atoms with Crippen LogP contribution in [-0.4, -0.2) is 32.4 Å². The van der Waals surface area contributed by atoms with Crippen LogP contribution in [0.15, 0.2) is 26.3 Å². The summed E-state index contributed by atoms with van der Waals surface area (Å²) in [6.07, 6.45) is 1.57. The van der Waals surface area contributed by atoms with Crippen molar-refractivity contribution in [2.45, 2.75) is 25.7 Å². The molecule has 1 saturated heterocycles. The number of aliphatic hydroxyl groups is 1. The minimum Gasteiger partial charge on any atom is -0.394 e. The Hall–Kier alpha value is -1.51. The van der Waals surface area contributed by atoms with Gasteiger partial charge in [0.25, 0.3) is 5.56 Å². The Morgan fingerprint density at radius 2 is 2.33 bits per heavy atom. The van der Waals surface area contributed by atoms with Crippen LogP contribution in [0.25, 0.3) is 11.0 Å². The number of ether oxygens (including phenoxy) is 1. The lowest BCUT2D eigenvalue weighted by atomic mass is 10.1. The number of fused-ring (bicyclic) bond motifs is 1. The van der Waals surface area contributed by atoms with Gasteiger partial charge >= 0.3 is 5.69 Å². The maximum absolute atomic E-state index is 12.1. The van der Waals surface area contributed by atoms with Crippen molar-refractivity contribution < 1.29 is 9.84 Å². The Morgan fingerprint density at radius 1 is 1.57 bits per heavy atom. The van der Waals surface area contributed by atoms with Gasteiger partial charge in [0.1, 0.15) is 11.9 Å². The summed E-state index contributed by atoms with van der Waals surface area (Å²) in [5.41, 5.74) is -0.581. The third-order valence-corrected chi connectivity index (χ3v) is 4.23. The first-order valence-electron chi connectivity index (χ1n) is 6.57. The van der Waals surface area contributed by atoms with E-state index in [0.717, 1.165) is 0 Å². The zero-order valence-corrected chi connectivity index (χ0v) is 12.8. The number of halogens is 1. The van der Waals surface area contributed by atoms with Gasteiger partial charge in [-0.3, -0.25) is 9.36 Å². The molecule has 3 rings (SSSR count). The number of pyridine rings is 1. The SMILES string of the molecule is C[C@H]1C[C@@H](CO)OC1n1cc2cc(Br)c(=O)[nH]c2nc1=O. The van der Waals surface area contributed by atoms with Crippen LogP contribution in [0.2, 0.25) is 0 Å². The average molecular weight is 356 g/mol. The van der Waals surface area contributed by atoms with Crippen LogP contribution >= 0.6 is 15.9 Å². The predicted octanol–water partition coefficient (Wildman–Crippen LogP) is 0.763. The molecule has 0 aromatic carbocycles. The first kappa shape index (κ1) is 14.4. The number of aromatic amines is 1. The van der Waals surface area contributed by atoms with Crippen LogP contribution in [0.3, 0.4) is 0 Å². The van der Waals surface area contributed by atoms with Crippen LogP contribution in [0.4, 0.5) is 0 Å². The summed E-state index contributed by atoms with van der Waals surface area (Å²) in [6, 6.07) is 1.61. The summed E-state index contributed by atoms with van der Waals surface area (Å²) in [7, 11) is 0. The van der Waals surface area contributed by atoms with E-state index < -0.39 is 11.9 Å². The van der Waals surface area contributed by atoms with Crippen molar-refractivity contribution in [3.8, 4) is 0 Å². The van der Waals surface area contributed by atoms with Crippen LogP contribution < -0.4 is 11.2 Å². The zero-order chi connectivity index (χ0) is 15.1. The standard InChI is InChI=1S/C13H14BrN3O4/c1-6-2-8(5-18)21-12(6)17-4-7-3-9(14)11(19)15-10(7)16-13(17)20/h3-4,6,8,12,18H,2,5H2,1H3,(H,15,16,19,20)/t6-,8-,12?/m0/s1. The monoisotopic (exact) mass is 355 g/mol. The molecule has 0 radical (unpaired) electrons. The van der Waals surface area contributed by atoms with Gasteiger partial charge in [-0.05, 0) is 28.4 Å². The van der Waals surface area contributed by atoms with E-state index in [4.69, 9.17) is 4.74 Å². The maximum atomic E-state index is 12.1. The number of aromatic nitrogens is 3. The number of rotatable bonds is 2. The molecule has 2 aromatic rings. The Kier molecular flexibility index (Phi) is 3.68. The van der Waals surface area contributed by atoms with Crippen LogP contribution in [0.1, 0.15) is 19.6 Å². The number of nitrogens with zero attached hydrogens (tertiary/aromatic N) is 2. The molecule has 3 atom stereocenters. The smallest absolute Gasteiger partial charge is 0.351 e. The summed E-state index contributed by atoms with van der Waals surface area (Å²) >= 11 is 3.15. The van der Waals surface area contributed by atoms with Crippen LogP contribution in [0, 0.1) is 5.92 Å². The lowest BCUT2D eigenvalue weighted by Crippen LogP contribution is -2.30. The average Bonchev–Trinajstić information content (AvgIpc) is 2.81. The molecule has 1 aliphatic heterocycles. The van der Waals surface area contributed by atoms with Crippen molar-refractivity contribution in [2.75, 3.05) is 6.61 Å². The normalized spacial score (nSPS) is 25.6. The van der Waals surface area contributed by atoms with Crippen molar-refractivity contribution in [1.29, 1.82) is 0 Å². The molecule has 3 heterocycles. The van der Waals surface area contributed by atoms with E-state index in [-0.39, 0.29) is 29.8 Å². The van der Waals surface area contributed by atoms with Gasteiger partial charge in [0.2, 0.25) is 0 Å². The van der Waals surface area contributed by atoms with Gasteiger partial charge < -0.3 is 14.8 Å². The van der Waals surface area contributed by atoms with Crippen molar-refractivity contribution in [2.24, 2.45) is 5.92 Å². The predicted molar refractivity (Wildman–Crippen MR) is 79.1 cm³/mol. The zero-order valence-electron chi connectivity index (χ0n) is 11.2. The molecule has 21 heavy (non-hydrogen) atoms. The molecule has 112 valence electrons. The van der Waals surface area contributed by atoms with E-state index in [0.29, 0.717) is 16.3 Å². The molecule has 0 saturated carbocycles. The van der Waals surface area contributed by atoms with Crippen LogP contribution in [0.5, 0.6) is 0 Å². The third kappa shape index (κ3) is 2.54. The minimum absolute atomic E-state index is 0.0739. The highest BCUT2D eigenvalue weighted by atomic mass is 79.9. The molecule has 7 nitrogen and oxygen atoms in total. The van der Waals surface area contributed by atoms with E-state index in [1.165, 1.54) is 4.57 Å². The molecule has 1 aliphatic rings. The van der Waals surface area contributed by atoms with Crippen molar-refractivity contribution in [3.63, 3.8) is 0 Å². The topological polar surface area (TPSA) is 97.2 Å². The number of hydrogen-bond acceptors (Lipinski definition) is 5. The highest BCUT2D eigenvalue weighted by Gasteiger charge is 2.33. The van der Waals surface area contributed by atoms with Gasteiger partial charge in [-0.25, -0.2) is 4.79 Å². The van der Waals surface area contributed by atoms with E-state index in [2.05, 4.69) is 25.9 Å². The minimum atomic E-state index is -0.490. The summed E-state index contributed by atoms with van der Waals surface area (Å²) in [5, 5.41) is 9.81. The third-order valence-electron chi connectivity index (χ3n) is 3.64. The van der Waals surface area contributed by atoms with Crippen molar-refractivity contribution in [3.05, 3.63) is 37.6 Å². The molecular formula is C13H14BrN3O4. The van der Waals surface area contributed by atoms with E-state index in [9.17, 15) is 14.7 Å². The molecule has 0 aliphatic carbocycles. The number of aliphatic hydroxyl groups excluding tert-OH is 1. The summed E-state index contributed by atoms with van der Waals surface area (Å²) in [4.78, 5) is 30.1. The first-order valence-corrected chi connectivity index (χ1v) is 7.37.